The predicted molar refractivity (Wildman–Crippen MR) is 102 cm³/mol. The highest BCUT2D eigenvalue weighted by atomic mass is 32.2. The summed E-state index contributed by atoms with van der Waals surface area (Å²) in [6, 6.07) is 7.76. The fourth-order valence-corrected chi connectivity index (χ4v) is 3.25. The molecule has 0 bridgehead atoms. The third kappa shape index (κ3) is 4.73. The molecule has 0 aliphatic carbocycles. The Hall–Kier alpha value is -2.59. The van der Waals surface area contributed by atoms with Crippen LogP contribution < -0.4 is 21.7 Å². The van der Waals surface area contributed by atoms with Crippen LogP contribution >= 0.6 is 11.8 Å². The first-order chi connectivity index (χ1) is 12.5. The number of amides is 1. The Morgan fingerprint density at radius 1 is 1.15 bits per heavy atom. The van der Waals surface area contributed by atoms with Crippen LogP contribution in [0.4, 0.5) is 23.3 Å². The van der Waals surface area contributed by atoms with Crippen molar-refractivity contribution in [1.29, 1.82) is 0 Å². The van der Waals surface area contributed by atoms with Gasteiger partial charge in [0.05, 0.1) is 18.5 Å². The van der Waals surface area contributed by atoms with Crippen LogP contribution in [0.15, 0.2) is 29.4 Å². The van der Waals surface area contributed by atoms with E-state index in [1.807, 2.05) is 24.3 Å². The third-order valence-corrected chi connectivity index (χ3v) is 4.77. The van der Waals surface area contributed by atoms with Gasteiger partial charge in [-0.15, -0.1) is 0 Å². The largest absolute Gasteiger partial charge is 0.378 e. The van der Waals surface area contributed by atoms with E-state index in [1.165, 1.54) is 11.8 Å². The lowest BCUT2D eigenvalue weighted by molar-refractivity contribution is -0.115. The summed E-state index contributed by atoms with van der Waals surface area (Å²) in [4.78, 5) is 26.3. The molecule has 1 atom stereocenters. The van der Waals surface area contributed by atoms with Crippen molar-refractivity contribution in [2.45, 2.75) is 17.3 Å². The van der Waals surface area contributed by atoms with Crippen molar-refractivity contribution >= 4 is 40.9 Å². The molecule has 1 aliphatic heterocycles. The maximum absolute atomic E-state index is 12.4. The highest BCUT2D eigenvalue weighted by molar-refractivity contribution is 8.00. The van der Waals surface area contributed by atoms with Gasteiger partial charge in [0.1, 0.15) is 0 Å². The number of nitrogens with zero attached hydrogens (tertiary/aromatic N) is 4. The Morgan fingerprint density at radius 3 is 2.38 bits per heavy atom. The number of hydrogen-bond acceptors (Lipinski definition) is 9. The zero-order valence-electron chi connectivity index (χ0n) is 14.4. The second-order valence-corrected chi connectivity index (χ2v) is 7.04. The van der Waals surface area contributed by atoms with Crippen molar-refractivity contribution in [3.8, 4) is 0 Å². The number of nitrogens with one attached hydrogen (secondary N) is 1. The van der Waals surface area contributed by atoms with Crippen molar-refractivity contribution in [1.82, 2.24) is 15.0 Å². The summed E-state index contributed by atoms with van der Waals surface area (Å²) >= 11 is 1.17. The molecular weight excluding hydrogens is 354 g/mol. The summed E-state index contributed by atoms with van der Waals surface area (Å²) < 4.78 is 5.36. The highest BCUT2D eigenvalue weighted by Gasteiger charge is 2.17. The number of carbonyl (C=O) groups is 1. The molecule has 10 heteroatoms. The number of benzene rings is 1. The predicted octanol–water partition coefficient (Wildman–Crippen LogP) is 0.992. The molecule has 1 aromatic carbocycles. The van der Waals surface area contributed by atoms with Crippen LogP contribution in [-0.2, 0) is 9.53 Å². The fraction of sp³-hybridized carbons (Fsp3) is 0.375. The van der Waals surface area contributed by atoms with Crippen LogP contribution in [0.25, 0.3) is 0 Å². The average Bonchev–Trinajstić information content (AvgIpc) is 2.62. The molecule has 5 N–H and O–H groups in total. The molecule has 1 fully saturated rings. The van der Waals surface area contributed by atoms with Gasteiger partial charge in [-0.05, 0) is 31.2 Å². The number of aromatic nitrogens is 3. The minimum atomic E-state index is -0.421. The number of thioether (sulfide) groups is 1. The van der Waals surface area contributed by atoms with Crippen molar-refractivity contribution < 1.29 is 9.53 Å². The van der Waals surface area contributed by atoms with Crippen molar-refractivity contribution in [2.24, 2.45) is 0 Å². The summed E-state index contributed by atoms with van der Waals surface area (Å²) in [5.74, 6) is -0.0932. The number of hydrogen-bond donors (Lipinski definition) is 3. The summed E-state index contributed by atoms with van der Waals surface area (Å²) in [5.41, 5.74) is 12.9. The van der Waals surface area contributed by atoms with E-state index in [1.54, 1.807) is 6.92 Å². The first kappa shape index (κ1) is 18.2. The van der Waals surface area contributed by atoms with E-state index < -0.39 is 5.25 Å². The Bertz CT molecular complexity index is 745. The number of ether oxygens (including phenoxy) is 1. The Morgan fingerprint density at radius 2 is 1.77 bits per heavy atom. The zero-order valence-corrected chi connectivity index (χ0v) is 15.2. The molecule has 0 radical (unpaired) electrons. The summed E-state index contributed by atoms with van der Waals surface area (Å²) in [5, 5.41) is 2.78. The molecule has 1 aliphatic rings. The number of anilines is 4. The number of nitrogen functional groups attached to an aromatic ring is 2. The molecule has 2 heterocycles. The molecule has 3 rings (SSSR count). The van der Waals surface area contributed by atoms with Crippen LogP contribution in [0.2, 0.25) is 0 Å². The molecule has 1 amide bonds. The maximum atomic E-state index is 12.4. The standard InChI is InChI=1S/C16H21N7O2S/c1-10(26-16-21-14(17)20-15(18)22-16)13(24)19-11-2-4-12(5-3-11)23-6-8-25-9-7-23/h2-5,10H,6-9H2,1H3,(H,19,24)(H4,17,18,20,21,22)/t10-/m0/s1. The summed E-state index contributed by atoms with van der Waals surface area (Å²) in [6.45, 7) is 4.98. The third-order valence-electron chi connectivity index (χ3n) is 3.81. The van der Waals surface area contributed by atoms with E-state index >= 15 is 0 Å². The highest BCUT2D eigenvalue weighted by Crippen LogP contribution is 2.23. The topological polar surface area (TPSA) is 132 Å². The quantitative estimate of drug-likeness (QED) is 0.654. The average molecular weight is 375 g/mol. The van der Waals surface area contributed by atoms with E-state index in [-0.39, 0.29) is 17.8 Å². The molecule has 1 aromatic heterocycles. The van der Waals surface area contributed by atoms with Gasteiger partial charge in [0.2, 0.25) is 17.8 Å². The Kier molecular flexibility index (Phi) is 5.74. The lowest BCUT2D eigenvalue weighted by atomic mass is 10.2. The zero-order chi connectivity index (χ0) is 18.5. The lowest BCUT2D eigenvalue weighted by Crippen LogP contribution is -2.36. The van der Waals surface area contributed by atoms with Gasteiger partial charge in [0, 0.05) is 24.5 Å². The second kappa shape index (κ2) is 8.19. The van der Waals surface area contributed by atoms with Crippen LogP contribution in [0.1, 0.15) is 6.92 Å². The molecular formula is C16H21N7O2S. The molecule has 26 heavy (non-hydrogen) atoms. The maximum Gasteiger partial charge on any atom is 0.237 e. The number of rotatable bonds is 5. The van der Waals surface area contributed by atoms with Gasteiger partial charge in [0.25, 0.3) is 0 Å². The molecule has 0 saturated carbocycles. The number of morpholine rings is 1. The minimum absolute atomic E-state index is 0.0336. The van der Waals surface area contributed by atoms with E-state index in [2.05, 4.69) is 25.2 Å². The Labute approximate surface area is 155 Å². The molecule has 0 spiro atoms. The monoisotopic (exact) mass is 375 g/mol. The van der Waals surface area contributed by atoms with E-state index in [0.29, 0.717) is 5.16 Å². The molecule has 2 aromatic rings. The van der Waals surface area contributed by atoms with E-state index in [0.717, 1.165) is 37.7 Å². The van der Waals surface area contributed by atoms with Crippen molar-refractivity contribution in [3.05, 3.63) is 24.3 Å². The molecule has 0 unspecified atom stereocenters. The van der Waals surface area contributed by atoms with Gasteiger partial charge < -0.3 is 26.4 Å². The molecule has 138 valence electrons. The van der Waals surface area contributed by atoms with Crippen LogP contribution in [0, 0.1) is 0 Å². The minimum Gasteiger partial charge on any atom is -0.378 e. The second-order valence-electron chi connectivity index (χ2n) is 5.73. The lowest BCUT2D eigenvalue weighted by Gasteiger charge is -2.28. The van der Waals surface area contributed by atoms with Gasteiger partial charge >= 0.3 is 0 Å². The van der Waals surface area contributed by atoms with E-state index in [9.17, 15) is 4.79 Å². The normalized spacial score (nSPS) is 15.5. The van der Waals surface area contributed by atoms with Gasteiger partial charge in [-0.25, -0.2) is 0 Å². The van der Waals surface area contributed by atoms with Gasteiger partial charge in [-0.3, -0.25) is 4.79 Å². The van der Waals surface area contributed by atoms with Gasteiger partial charge in [0.15, 0.2) is 5.16 Å². The SMILES string of the molecule is C[C@H](Sc1nc(N)nc(N)n1)C(=O)Nc1ccc(N2CCOCC2)cc1. The van der Waals surface area contributed by atoms with Crippen LogP contribution in [0.5, 0.6) is 0 Å². The van der Waals surface area contributed by atoms with Gasteiger partial charge in [-0.1, -0.05) is 11.8 Å². The first-order valence-corrected chi connectivity index (χ1v) is 9.06. The van der Waals surface area contributed by atoms with Crippen LogP contribution in [0.3, 0.4) is 0 Å². The van der Waals surface area contributed by atoms with Crippen molar-refractivity contribution in [2.75, 3.05) is 48.0 Å². The summed E-state index contributed by atoms with van der Waals surface area (Å²) in [7, 11) is 0. The Balaban J connectivity index is 1.58. The fourth-order valence-electron chi connectivity index (χ4n) is 2.47. The number of carbonyl (C=O) groups excluding carboxylic acids is 1. The van der Waals surface area contributed by atoms with Crippen molar-refractivity contribution in [3.63, 3.8) is 0 Å². The van der Waals surface area contributed by atoms with Crippen LogP contribution in [-0.4, -0.2) is 52.4 Å². The van der Waals surface area contributed by atoms with E-state index in [4.69, 9.17) is 16.2 Å². The summed E-state index contributed by atoms with van der Waals surface area (Å²) in [6.07, 6.45) is 0. The molecule has 9 nitrogen and oxygen atoms in total. The smallest absolute Gasteiger partial charge is 0.237 e. The molecule has 1 saturated heterocycles. The van der Waals surface area contributed by atoms with Gasteiger partial charge in [-0.2, -0.15) is 15.0 Å². The first-order valence-electron chi connectivity index (χ1n) is 8.18. The number of nitrogens with two attached hydrogens (primary N) is 2.